The van der Waals surface area contributed by atoms with Crippen LogP contribution in [-0.2, 0) is 0 Å². The van der Waals surface area contributed by atoms with Crippen LogP contribution in [0.2, 0.25) is 0 Å². The van der Waals surface area contributed by atoms with Crippen LogP contribution in [0.4, 0.5) is 0 Å². The Balaban J connectivity index is 1.52. The first-order valence-corrected chi connectivity index (χ1v) is 10.2. The minimum Gasteiger partial charge on any atom is -0.354 e. The normalized spacial score (nSPS) is 11.9. The van der Waals surface area contributed by atoms with Gasteiger partial charge in [0.05, 0.1) is 11.0 Å². The molecule has 5 heteroatoms. The largest absolute Gasteiger partial charge is 0.354 e. The predicted molar refractivity (Wildman–Crippen MR) is 124 cm³/mol. The van der Waals surface area contributed by atoms with Crippen molar-refractivity contribution in [3.63, 3.8) is 0 Å². The van der Waals surface area contributed by atoms with Crippen molar-refractivity contribution < 1.29 is 4.52 Å². The summed E-state index contributed by atoms with van der Waals surface area (Å²) in [6.07, 6.45) is 0. The number of hydrogen-bond acceptors (Lipinski definition) is 3. The van der Waals surface area contributed by atoms with Crippen LogP contribution < -0.4 is 0 Å². The molecule has 7 rings (SSSR count). The molecule has 0 unspecified atom stereocenters. The number of nitrogens with zero attached hydrogens (tertiary/aromatic N) is 2. The van der Waals surface area contributed by atoms with Crippen LogP contribution in [0.3, 0.4) is 0 Å². The maximum atomic E-state index is 5.74. The minimum atomic E-state index is 0.656. The van der Waals surface area contributed by atoms with Crippen molar-refractivity contribution in [3.8, 4) is 22.6 Å². The van der Waals surface area contributed by atoms with E-state index in [2.05, 4.69) is 87.1 Å². The van der Waals surface area contributed by atoms with Crippen molar-refractivity contribution >= 4 is 43.6 Å². The second kappa shape index (κ2) is 6.06. The van der Waals surface area contributed by atoms with E-state index < -0.39 is 0 Å². The number of aromatic amines is 2. The Hall–Kier alpha value is -4.38. The fraction of sp³-hybridized carbons (Fsp3) is 0. The van der Waals surface area contributed by atoms with Crippen molar-refractivity contribution in [1.82, 2.24) is 20.3 Å². The van der Waals surface area contributed by atoms with Crippen molar-refractivity contribution in [2.24, 2.45) is 0 Å². The summed E-state index contributed by atoms with van der Waals surface area (Å²) in [7, 11) is 0. The van der Waals surface area contributed by atoms with E-state index in [0.717, 1.165) is 49.7 Å². The molecule has 0 atom stereocenters. The van der Waals surface area contributed by atoms with Crippen LogP contribution in [-0.4, -0.2) is 20.3 Å². The molecule has 0 fully saturated rings. The Morgan fingerprint density at radius 3 is 1.77 bits per heavy atom. The van der Waals surface area contributed by atoms with Gasteiger partial charge in [0, 0.05) is 49.0 Å². The van der Waals surface area contributed by atoms with Crippen molar-refractivity contribution in [2.45, 2.75) is 0 Å². The molecule has 0 saturated carbocycles. The first-order chi connectivity index (χ1) is 15.4. The zero-order valence-corrected chi connectivity index (χ0v) is 16.4. The van der Waals surface area contributed by atoms with Crippen LogP contribution in [0.25, 0.3) is 66.2 Å². The molecule has 3 heterocycles. The molecule has 0 aliphatic heterocycles. The van der Waals surface area contributed by atoms with Crippen LogP contribution in [0.15, 0.2) is 89.5 Å². The topological polar surface area (TPSA) is 70.5 Å². The van der Waals surface area contributed by atoms with E-state index in [9.17, 15) is 0 Å². The first-order valence-electron chi connectivity index (χ1n) is 10.2. The number of rotatable bonds is 2. The third kappa shape index (κ3) is 2.25. The van der Waals surface area contributed by atoms with Gasteiger partial charge in [-0.3, -0.25) is 0 Å². The fourth-order valence-electron chi connectivity index (χ4n) is 4.68. The van der Waals surface area contributed by atoms with Gasteiger partial charge in [0.25, 0.3) is 0 Å². The van der Waals surface area contributed by atoms with E-state index in [4.69, 9.17) is 4.52 Å². The molecule has 146 valence electrons. The van der Waals surface area contributed by atoms with Crippen LogP contribution in [0.5, 0.6) is 0 Å². The summed E-state index contributed by atoms with van der Waals surface area (Å²) in [5.41, 5.74) is 6.89. The van der Waals surface area contributed by atoms with E-state index >= 15 is 0 Å². The molecule has 7 aromatic rings. The molecule has 4 aromatic carbocycles. The molecular formula is C26H16N4O. The van der Waals surface area contributed by atoms with Gasteiger partial charge in [-0.05, 0) is 18.2 Å². The molecule has 3 aromatic heterocycles. The zero-order valence-electron chi connectivity index (χ0n) is 16.4. The van der Waals surface area contributed by atoms with Gasteiger partial charge in [-0.2, -0.15) is 0 Å². The lowest BCUT2D eigenvalue weighted by Gasteiger charge is -2.04. The van der Waals surface area contributed by atoms with E-state index in [1.165, 1.54) is 10.8 Å². The lowest BCUT2D eigenvalue weighted by molar-refractivity contribution is 0.404. The molecule has 2 N–H and O–H groups in total. The van der Waals surface area contributed by atoms with Crippen LogP contribution in [0.1, 0.15) is 0 Å². The van der Waals surface area contributed by atoms with Crippen LogP contribution in [0, 0.1) is 0 Å². The smallest absolute Gasteiger partial charge is 0.197 e. The van der Waals surface area contributed by atoms with Gasteiger partial charge >= 0.3 is 0 Å². The maximum Gasteiger partial charge on any atom is 0.197 e. The SMILES string of the molecule is c1ccc2c(c1)[nH]c1c(-c3nnoc3-c3cccc4c3[nH]c3ccccc34)cccc12. The number of aromatic nitrogens is 4. The Morgan fingerprint density at radius 2 is 1.10 bits per heavy atom. The highest BCUT2D eigenvalue weighted by Gasteiger charge is 2.21. The van der Waals surface area contributed by atoms with Gasteiger partial charge < -0.3 is 14.5 Å². The van der Waals surface area contributed by atoms with Crippen molar-refractivity contribution in [3.05, 3.63) is 84.9 Å². The van der Waals surface area contributed by atoms with Crippen molar-refractivity contribution in [1.29, 1.82) is 0 Å². The Morgan fingerprint density at radius 1 is 0.548 bits per heavy atom. The molecule has 0 aliphatic rings. The quantitative estimate of drug-likeness (QED) is 0.340. The van der Waals surface area contributed by atoms with Gasteiger partial charge in [0.15, 0.2) is 5.76 Å². The third-order valence-corrected chi connectivity index (χ3v) is 6.07. The fourth-order valence-corrected chi connectivity index (χ4v) is 4.68. The van der Waals surface area contributed by atoms with E-state index in [-0.39, 0.29) is 0 Å². The van der Waals surface area contributed by atoms with Crippen LogP contribution >= 0.6 is 0 Å². The maximum absolute atomic E-state index is 5.74. The highest BCUT2D eigenvalue weighted by Crippen LogP contribution is 2.39. The van der Waals surface area contributed by atoms with Gasteiger partial charge in [-0.25, -0.2) is 0 Å². The van der Waals surface area contributed by atoms with E-state index in [1.54, 1.807) is 0 Å². The second-order valence-corrected chi connectivity index (χ2v) is 7.75. The summed E-state index contributed by atoms with van der Waals surface area (Å²) in [5, 5.41) is 13.0. The predicted octanol–water partition coefficient (Wildman–Crippen LogP) is 6.67. The summed E-state index contributed by atoms with van der Waals surface area (Å²) in [6, 6.07) is 29.1. The molecule has 5 nitrogen and oxygen atoms in total. The number of fused-ring (bicyclic) bond motifs is 6. The molecule has 0 bridgehead atoms. The molecule has 0 amide bonds. The summed E-state index contributed by atoms with van der Waals surface area (Å²) < 4.78 is 5.74. The highest BCUT2D eigenvalue weighted by molar-refractivity contribution is 6.14. The second-order valence-electron chi connectivity index (χ2n) is 7.75. The number of H-pyrrole nitrogens is 2. The molecule has 0 radical (unpaired) electrons. The molecule has 0 spiro atoms. The lowest BCUT2D eigenvalue weighted by atomic mass is 10.0. The van der Waals surface area contributed by atoms with Crippen molar-refractivity contribution in [2.75, 3.05) is 0 Å². The highest BCUT2D eigenvalue weighted by atomic mass is 16.5. The molecular weight excluding hydrogens is 384 g/mol. The van der Waals surface area contributed by atoms with Gasteiger partial charge in [-0.15, -0.1) is 5.10 Å². The molecule has 31 heavy (non-hydrogen) atoms. The monoisotopic (exact) mass is 400 g/mol. The van der Waals surface area contributed by atoms with Gasteiger partial charge in [0.2, 0.25) is 0 Å². The van der Waals surface area contributed by atoms with Gasteiger partial charge in [-0.1, -0.05) is 66.7 Å². The number of hydrogen-bond donors (Lipinski definition) is 2. The third-order valence-electron chi connectivity index (χ3n) is 6.07. The van der Waals surface area contributed by atoms with Gasteiger partial charge in [0.1, 0.15) is 5.69 Å². The Kier molecular flexibility index (Phi) is 3.21. The van der Waals surface area contributed by atoms with E-state index in [0.29, 0.717) is 5.76 Å². The Labute approximate surface area is 176 Å². The number of nitrogens with one attached hydrogen (secondary N) is 2. The van der Waals surface area contributed by atoms with E-state index in [1.807, 2.05) is 18.2 Å². The Bertz CT molecular complexity index is 1620. The summed E-state index contributed by atoms with van der Waals surface area (Å²) in [4.78, 5) is 7.10. The zero-order chi connectivity index (χ0) is 20.4. The summed E-state index contributed by atoms with van der Waals surface area (Å²) >= 11 is 0. The minimum absolute atomic E-state index is 0.656. The first kappa shape index (κ1) is 16.4. The summed E-state index contributed by atoms with van der Waals surface area (Å²) in [6.45, 7) is 0. The molecule has 0 saturated heterocycles. The lowest BCUT2D eigenvalue weighted by Crippen LogP contribution is -1.86. The summed E-state index contributed by atoms with van der Waals surface area (Å²) in [5.74, 6) is 0.656. The average molecular weight is 400 g/mol. The number of para-hydroxylation sites is 4. The standard InChI is InChI=1S/C26H16N4O/c1-3-13-21-15(7-1)17-9-5-11-19(23(17)27-21)25-26(31-30-29-25)20-12-6-10-18-16-8-2-4-14-22(16)28-24(18)20/h1-14,27-28H. The number of benzene rings is 4. The average Bonchev–Trinajstić information content (AvgIpc) is 3.53. The molecule has 0 aliphatic carbocycles.